The number of carbonyl (C=O) groups excluding carboxylic acids is 2. The van der Waals surface area contributed by atoms with Gasteiger partial charge in [-0.2, -0.15) is 5.10 Å². The maximum atomic E-state index is 13.8. The number of hydrogen-bond donors (Lipinski definition) is 3. The first-order chi connectivity index (χ1) is 18.3. The van der Waals surface area contributed by atoms with Crippen LogP contribution in [0.15, 0.2) is 90.3 Å². The first-order valence-electron chi connectivity index (χ1n) is 12.0. The van der Waals surface area contributed by atoms with Gasteiger partial charge in [0.25, 0.3) is 11.8 Å². The van der Waals surface area contributed by atoms with Crippen molar-refractivity contribution in [2.24, 2.45) is 0 Å². The minimum atomic E-state index is -0.703. The average Bonchev–Trinajstić information content (AvgIpc) is 3.33. The molecule has 9 heteroatoms. The van der Waals surface area contributed by atoms with Crippen molar-refractivity contribution in [3.63, 3.8) is 0 Å². The van der Waals surface area contributed by atoms with Gasteiger partial charge in [-0.1, -0.05) is 29.8 Å². The van der Waals surface area contributed by atoms with Gasteiger partial charge in [0, 0.05) is 17.1 Å². The third-order valence-electron chi connectivity index (χ3n) is 6.36. The number of anilines is 3. The van der Waals surface area contributed by atoms with E-state index in [9.17, 15) is 14.0 Å². The minimum Gasteiger partial charge on any atom is -0.497 e. The maximum Gasteiger partial charge on any atom is 0.261 e. The summed E-state index contributed by atoms with van der Waals surface area (Å²) in [5.41, 5.74) is 4.19. The lowest BCUT2D eigenvalue weighted by atomic mass is 9.94. The highest BCUT2D eigenvalue weighted by atomic mass is 19.1. The van der Waals surface area contributed by atoms with Crippen LogP contribution >= 0.6 is 0 Å². The molecule has 2 heterocycles. The van der Waals surface area contributed by atoms with Gasteiger partial charge in [-0.3, -0.25) is 9.59 Å². The van der Waals surface area contributed by atoms with E-state index >= 15 is 0 Å². The Morgan fingerprint density at radius 2 is 1.50 bits per heavy atom. The van der Waals surface area contributed by atoms with E-state index in [-0.39, 0.29) is 11.8 Å². The molecule has 0 fully saturated rings. The molecular weight excluding hydrogens is 485 g/mol. The monoisotopic (exact) mass is 511 g/mol. The SMILES string of the molecule is COc1ccc(NC(=O)C2=C(C)Nc3c(C(=O)Nc4ccc(C)cc4)cnn3[C@H]2c2ccc(F)cc2)cc1. The molecule has 1 aliphatic heterocycles. The van der Waals surface area contributed by atoms with E-state index in [1.54, 1.807) is 55.1 Å². The van der Waals surface area contributed by atoms with Crippen molar-refractivity contribution in [2.45, 2.75) is 19.9 Å². The maximum absolute atomic E-state index is 13.8. The number of halogens is 1. The summed E-state index contributed by atoms with van der Waals surface area (Å²) in [5, 5.41) is 13.5. The Morgan fingerprint density at radius 1 is 0.895 bits per heavy atom. The Bertz CT molecular complexity index is 1520. The molecule has 38 heavy (non-hydrogen) atoms. The second kappa shape index (κ2) is 10.2. The lowest BCUT2D eigenvalue weighted by molar-refractivity contribution is -0.113. The Labute approximate surface area is 219 Å². The standard InChI is InChI=1S/C29H26FN5O3/c1-17-4-10-21(11-5-17)33-28(36)24-16-31-35-26(19-6-8-20(30)9-7-19)25(18(2)32-27(24)35)29(37)34-22-12-14-23(38-3)15-13-22/h4-16,26,32H,1-3H3,(H,33,36)(H,34,37)/t26-/m0/s1. The quantitative estimate of drug-likeness (QED) is 0.317. The highest BCUT2D eigenvalue weighted by molar-refractivity contribution is 6.09. The Hall–Kier alpha value is -4.92. The smallest absolute Gasteiger partial charge is 0.261 e. The molecule has 0 radical (unpaired) electrons. The summed E-state index contributed by atoms with van der Waals surface area (Å²) in [4.78, 5) is 26.7. The van der Waals surface area contributed by atoms with E-state index in [0.717, 1.165) is 5.56 Å². The number of nitrogens with one attached hydrogen (secondary N) is 3. The Kier molecular flexibility index (Phi) is 6.66. The van der Waals surface area contributed by atoms with Gasteiger partial charge >= 0.3 is 0 Å². The van der Waals surface area contributed by atoms with Crippen molar-refractivity contribution in [1.29, 1.82) is 0 Å². The lowest BCUT2D eigenvalue weighted by Gasteiger charge is -2.30. The first-order valence-corrected chi connectivity index (χ1v) is 12.0. The predicted molar refractivity (Wildman–Crippen MR) is 144 cm³/mol. The summed E-state index contributed by atoms with van der Waals surface area (Å²) in [6.07, 6.45) is 1.46. The molecule has 4 aromatic rings. The van der Waals surface area contributed by atoms with Crippen LogP contribution in [0, 0.1) is 12.7 Å². The van der Waals surface area contributed by atoms with Gasteiger partial charge in [-0.15, -0.1) is 0 Å². The Balaban J connectivity index is 1.51. The first kappa shape index (κ1) is 24.8. The number of aryl methyl sites for hydroxylation is 1. The third kappa shape index (κ3) is 4.86. The molecule has 1 aliphatic rings. The highest BCUT2D eigenvalue weighted by Crippen LogP contribution is 2.38. The predicted octanol–water partition coefficient (Wildman–Crippen LogP) is 5.52. The van der Waals surface area contributed by atoms with E-state index < -0.39 is 11.9 Å². The number of methoxy groups -OCH3 is 1. The number of rotatable bonds is 6. The van der Waals surface area contributed by atoms with Crippen molar-refractivity contribution >= 4 is 29.0 Å². The number of nitrogens with zero attached hydrogens (tertiary/aromatic N) is 2. The van der Waals surface area contributed by atoms with Gasteiger partial charge in [-0.05, 0) is 67.9 Å². The number of hydrogen-bond acceptors (Lipinski definition) is 5. The normalized spacial score (nSPS) is 14.4. The van der Waals surface area contributed by atoms with Crippen molar-refractivity contribution in [1.82, 2.24) is 9.78 Å². The van der Waals surface area contributed by atoms with Gasteiger partial charge in [0.05, 0.1) is 18.9 Å². The zero-order chi connectivity index (χ0) is 26.8. The number of carbonyl (C=O) groups is 2. The van der Waals surface area contributed by atoms with Crippen LogP contribution in [0.1, 0.15) is 34.5 Å². The molecule has 1 atom stereocenters. The van der Waals surface area contributed by atoms with Crippen molar-refractivity contribution in [3.8, 4) is 5.75 Å². The molecule has 3 N–H and O–H groups in total. The lowest BCUT2D eigenvalue weighted by Crippen LogP contribution is -2.32. The number of ether oxygens (including phenoxy) is 1. The summed E-state index contributed by atoms with van der Waals surface area (Å²) in [6.45, 7) is 3.73. The summed E-state index contributed by atoms with van der Waals surface area (Å²) < 4.78 is 20.5. The number of amides is 2. The molecule has 5 rings (SSSR count). The van der Waals surface area contributed by atoms with Gasteiger partial charge in [-0.25, -0.2) is 9.07 Å². The largest absolute Gasteiger partial charge is 0.497 e. The van der Waals surface area contributed by atoms with Crippen LogP contribution in [-0.4, -0.2) is 28.7 Å². The van der Waals surface area contributed by atoms with Gasteiger partial charge in [0.2, 0.25) is 0 Å². The minimum absolute atomic E-state index is 0.312. The summed E-state index contributed by atoms with van der Waals surface area (Å²) in [5.74, 6) is -0.00542. The molecule has 0 spiro atoms. The topological polar surface area (TPSA) is 97.3 Å². The molecule has 192 valence electrons. The summed E-state index contributed by atoms with van der Waals surface area (Å²) in [7, 11) is 1.57. The summed E-state index contributed by atoms with van der Waals surface area (Å²) in [6, 6.07) is 19.6. The number of benzene rings is 3. The van der Waals surface area contributed by atoms with E-state index in [1.807, 2.05) is 31.2 Å². The molecule has 0 unspecified atom stereocenters. The fraction of sp³-hybridized carbons (Fsp3) is 0.138. The fourth-order valence-electron chi connectivity index (χ4n) is 4.38. The zero-order valence-electron chi connectivity index (χ0n) is 21.1. The van der Waals surface area contributed by atoms with Crippen molar-refractivity contribution in [2.75, 3.05) is 23.1 Å². The molecule has 0 bridgehead atoms. The number of aromatic nitrogens is 2. The molecule has 0 saturated carbocycles. The molecule has 8 nitrogen and oxygen atoms in total. The van der Waals surface area contributed by atoms with Crippen LogP contribution in [0.2, 0.25) is 0 Å². The molecule has 0 aliphatic carbocycles. The molecule has 0 saturated heterocycles. The third-order valence-corrected chi connectivity index (χ3v) is 6.36. The second-order valence-electron chi connectivity index (χ2n) is 8.97. The van der Waals surface area contributed by atoms with Crippen molar-refractivity contribution < 1.29 is 18.7 Å². The van der Waals surface area contributed by atoms with Gasteiger partial charge in [0.1, 0.15) is 29.0 Å². The van der Waals surface area contributed by atoms with Crippen LogP contribution in [0.25, 0.3) is 0 Å². The second-order valence-corrected chi connectivity index (χ2v) is 8.97. The van der Waals surface area contributed by atoms with Crippen LogP contribution in [-0.2, 0) is 4.79 Å². The molecular formula is C29H26FN5O3. The zero-order valence-corrected chi connectivity index (χ0v) is 21.1. The number of fused-ring (bicyclic) bond motifs is 1. The molecule has 1 aromatic heterocycles. The van der Waals surface area contributed by atoms with E-state index in [1.165, 1.54) is 18.3 Å². The average molecular weight is 512 g/mol. The Morgan fingerprint density at radius 3 is 2.13 bits per heavy atom. The van der Waals surface area contributed by atoms with Crippen LogP contribution in [0.3, 0.4) is 0 Å². The molecule has 2 amide bonds. The van der Waals surface area contributed by atoms with Gasteiger partial charge in [0.15, 0.2) is 0 Å². The van der Waals surface area contributed by atoms with Crippen LogP contribution in [0.5, 0.6) is 5.75 Å². The summed E-state index contributed by atoms with van der Waals surface area (Å²) >= 11 is 0. The highest BCUT2D eigenvalue weighted by Gasteiger charge is 2.35. The van der Waals surface area contributed by atoms with Crippen LogP contribution in [0.4, 0.5) is 21.6 Å². The fourth-order valence-corrected chi connectivity index (χ4v) is 4.38. The van der Waals surface area contributed by atoms with Gasteiger partial charge < -0.3 is 20.7 Å². The van der Waals surface area contributed by atoms with Crippen LogP contribution < -0.4 is 20.7 Å². The van der Waals surface area contributed by atoms with E-state index in [0.29, 0.717) is 45.3 Å². The van der Waals surface area contributed by atoms with Crippen molar-refractivity contribution in [3.05, 3.63) is 113 Å². The molecule has 3 aromatic carbocycles. The van der Waals surface area contributed by atoms with E-state index in [4.69, 9.17) is 4.74 Å². The number of allylic oxidation sites excluding steroid dienone is 1. The van der Waals surface area contributed by atoms with E-state index in [2.05, 4.69) is 21.0 Å².